The van der Waals surface area contributed by atoms with Gasteiger partial charge in [-0.25, -0.2) is 4.79 Å². The number of aliphatic carboxylic acids is 1. The number of carboxylic acid groups (broad SMARTS) is 1. The number of carboxylic acids is 1. The first-order valence-corrected chi connectivity index (χ1v) is 8.80. The third kappa shape index (κ3) is 4.67. The molecule has 2 aliphatic heterocycles. The first-order valence-electron chi connectivity index (χ1n) is 8.80. The van der Waals surface area contributed by atoms with Gasteiger partial charge in [0.15, 0.2) is 18.7 Å². The number of carbonyl (C=O) groups excluding carboxylic acids is 1. The highest BCUT2D eigenvalue weighted by Crippen LogP contribution is 2.31. The van der Waals surface area contributed by atoms with Gasteiger partial charge in [0.2, 0.25) is 0 Å². The summed E-state index contributed by atoms with van der Waals surface area (Å²) < 4.78 is 21.2. The molecule has 162 valence electrons. The predicted molar refractivity (Wildman–Crippen MR) is 89.0 cm³/mol. The Kier molecular flexibility index (Phi) is 8.24. The minimum Gasteiger partial charge on any atom is -0.479 e. The van der Waals surface area contributed by atoms with Gasteiger partial charge < -0.3 is 54.6 Å². The smallest absolute Gasteiger partial charge is 0.335 e. The van der Waals surface area contributed by atoms with Crippen LogP contribution in [0.2, 0.25) is 0 Å². The zero-order chi connectivity index (χ0) is 21.0. The van der Waals surface area contributed by atoms with Gasteiger partial charge in [-0.1, -0.05) is 6.92 Å². The zero-order valence-electron chi connectivity index (χ0n) is 15.5. The van der Waals surface area contributed by atoms with Gasteiger partial charge >= 0.3 is 5.97 Å². The molecule has 6 N–H and O–H groups in total. The van der Waals surface area contributed by atoms with Crippen LogP contribution in [0.5, 0.6) is 0 Å². The van der Waals surface area contributed by atoms with Gasteiger partial charge in [-0.15, -0.1) is 0 Å². The first-order chi connectivity index (χ1) is 13.3. The molecule has 12 heteroatoms. The molecule has 12 nitrogen and oxygen atoms in total. The van der Waals surface area contributed by atoms with E-state index in [-0.39, 0.29) is 6.54 Å². The second-order valence-corrected chi connectivity index (χ2v) is 6.76. The molecule has 0 aromatic rings. The molecule has 0 bridgehead atoms. The van der Waals surface area contributed by atoms with Crippen LogP contribution in [-0.4, -0.2) is 113 Å². The van der Waals surface area contributed by atoms with Gasteiger partial charge in [0.25, 0.3) is 0 Å². The van der Waals surface area contributed by atoms with Crippen LogP contribution >= 0.6 is 0 Å². The lowest BCUT2D eigenvalue weighted by molar-refractivity contribution is -0.335. The Balaban J connectivity index is 2.26. The van der Waals surface area contributed by atoms with Crippen molar-refractivity contribution in [3.63, 3.8) is 0 Å². The standard InChI is InChI=1S/C16H27NO11/c1-6-8(17-3-4-18)15(26-7(5-19)9(6)20)27-12-10(21)11(22)16(25-2)28-13(12)14(23)24/h4,6-13,15-17,19-22H,3,5H2,1-2H3,(H,23,24). The summed E-state index contributed by atoms with van der Waals surface area (Å²) in [5, 5.41) is 52.3. The van der Waals surface area contributed by atoms with Crippen LogP contribution in [-0.2, 0) is 28.5 Å². The molecule has 0 radical (unpaired) electrons. The lowest BCUT2D eigenvalue weighted by atomic mass is 9.88. The van der Waals surface area contributed by atoms with Crippen molar-refractivity contribution in [1.82, 2.24) is 5.32 Å². The van der Waals surface area contributed by atoms with E-state index in [2.05, 4.69) is 5.32 Å². The SMILES string of the molecule is COC1OC(C(=O)O)C(OC2OC(CO)C(O)C(C)C2NCC=O)C(O)C1O. The highest BCUT2D eigenvalue weighted by Gasteiger charge is 2.52. The van der Waals surface area contributed by atoms with E-state index >= 15 is 0 Å². The summed E-state index contributed by atoms with van der Waals surface area (Å²) in [4.78, 5) is 22.3. The number of nitrogens with one attached hydrogen (secondary N) is 1. The average molecular weight is 409 g/mol. The summed E-state index contributed by atoms with van der Waals surface area (Å²) in [6.45, 7) is 0.994. The van der Waals surface area contributed by atoms with Gasteiger partial charge in [-0.05, 0) is 0 Å². The Morgan fingerprint density at radius 1 is 1.14 bits per heavy atom. The van der Waals surface area contributed by atoms with Crippen LogP contribution in [0.3, 0.4) is 0 Å². The second kappa shape index (κ2) is 10.0. The number of aldehydes is 1. The molecule has 0 aliphatic carbocycles. The molecule has 2 heterocycles. The van der Waals surface area contributed by atoms with E-state index in [9.17, 15) is 35.1 Å². The largest absolute Gasteiger partial charge is 0.479 e. The summed E-state index contributed by atoms with van der Waals surface area (Å²) in [7, 11) is 1.18. The van der Waals surface area contributed by atoms with Crippen LogP contribution in [0.4, 0.5) is 0 Å². The van der Waals surface area contributed by atoms with Gasteiger partial charge in [0.1, 0.15) is 30.7 Å². The molecule has 2 fully saturated rings. The van der Waals surface area contributed by atoms with Crippen molar-refractivity contribution in [3.05, 3.63) is 0 Å². The highest BCUT2D eigenvalue weighted by atomic mass is 16.7. The zero-order valence-corrected chi connectivity index (χ0v) is 15.5. The molecule has 2 saturated heterocycles. The van der Waals surface area contributed by atoms with E-state index in [1.54, 1.807) is 6.92 Å². The molecule has 2 rings (SSSR count). The van der Waals surface area contributed by atoms with Crippen LogP contribution in [0.15, 0.2) is 0 Å². The van der Waals surface area contributed by atoms with Crippen molar-refractivity contribution in [2.75, 3.05) is 20.3 Å². The van der Waals surface area contributed by atoms with Crippen molar-refractivity contribution in [1.29, 1.82) is 0 Å². The molecule has 0 saturated carbocycles. The summed E-state index contributed by atoms with van der Waals surface area (Å²) in [6.07, 6.45) is -10.7. The summed E-state index contributed by atoms with van der Waals surface area (Å²) in [5.74, 6) is -2.02. The normalized spacial score (nSPS) is 44.2. The van der Waals surface area contributed by atoms with E-state index < -0.39 is 73.7 Å². The lowest BCUT2D eigenvalue weighted by Gasteiger charge is -2.47. The number of aliphatic hydroxyl groups excluding tert-OH is 4. The van der Waals surface area contributed by atoms with Crippen LogP contribution in [0.1, 0.15) is 6.92 Å². The van der Waals surface area contributed by atoms with E-state index in [1.807, 2.05) is 0 Å². The summed E-state index contributed by atoms with van der Waals surface area (Å²) in [5.41, 5.74) is 0. The molecule has 0 aromatic carbocycles. The van der Waals surface area contributed by atoms with Crippen LogP contribution in [0, 0.1) is 5.92 Å². The maximum absolute atomic E-state index is 11.6. The van der Waals surface area contributed by atoms with Crippen LogP contribution in [0.25, 0.3) is 0 Å². The number of hydrogen-bond acceptors (Lipinski definition) is 11. The van der Waals surface area contributed by atoms with Gasteiger partial charge in [-0.2, -0.15) is 0 Å². The Hall–Kier alpha value is -1.22. The number of carbonyl (C=O) groups is 2. The first kappa shape index (κ1) is 23.1. The number of methoxy groups -OCH3 is 1. The maximum atomic E-state index is 11.6. The average Bonchev–Trinajstić information content (AvgIpc) is 2.67. The van der Waals surface area contributed by atoms with E-state index in [1.165, 1.54) is 7.11 Å². The second-order valence-electron chi connectivity index (χ2n) is 6.76. The minimum atomic E-state index is -1.69. The molecule has 10 unspecified atom stereocenters. The van der Waals surface area contributed by atoms with Crippen molar-refractivity contribution in [3.8, 4) is 0 Å². The quantitative estimate of drug-likeness (QED) is 0.217. The van der Waals surface area contributed by atoms with Crippen LogP contribution < -0.4 is 5.32 Å². The topological polar surface area (TPSA) is 184 Å². The Morgan fingerprint density at radius 2 is 1.82 bits per heavy atom. The van der Waals surface area contributed by atoms with Crippen molar-refractivity contribution in [2.24, 2.45) is 5.92 Å². The molecule has 0 amide bonds. The third-order valence-electron chi connectivity index (χ3n) is 5.02. The number of ether oxygens (including phenoxy) is 4. The fourth-order valence-electron chi connectivity index (χ4n) is 3.41. The minimum absolute atomic E-state index is 0.102. The Morgan fingerprint density at radius 3 is 2.36 bits per heavy atom. The predicted octanol–water partition coefficient (Wildman–Crippen LogP) is -3.58. The van der Waals surface area contributed by atoms with Gasteiger partial charge in [0, 0.05) is 13.0 Å². The van der Waals surface area contributed by atoms with E-state index in [0.29, 0.717) is 6.29 Å². The number of rotatable bonds is 8. The summed E-state index contributed by atoms with van der Waals surface area (Å²) in [6, 6.07) is -0.776. The van der Waals surface area contributed by atoms with Crippen molar-refractivity contribution >= 4 is 12.3 Å². The monoisotopic (exact) mass is 409 g/mol. The molecule has 0 aromatic heterocycles. The van der Waals surface area contributed by atoms with Crippen molar-refractivity contribution in [2.45, 2.75) is 62.2 Å². The molecule has 2 aliphatic rings. The fourth-order valence-corrected chi connectivity index (χ4v) is 3.41. The Labute approximate surface area is 160 Å². The number of hydrogen-bond donors (Lipinski definition) is 6. The van der Waals surface area contributed by atoms with E-state index in [0.717, 1.165) is 0 Å². The molecule has 28 heavy (non-hydrogen) atoms. The van der Waals surface area contributed by atoms with Gasteiger partial charge in [0.05, 0.1) is 25.3 Å². The summed E-state index contributed by atoms with van der Waals surface area (Å²) >= 11 is 0. The molecular formula is C16H27NO11. The molecule has 0 spiro atoms. The molecular weight excluding hydrogens is 382 g/mol. The maximum Gasteiger partial charge on any atom is 0.335 e. The number of aliphatic hydroxyl groups is 4. The third-order valence-corrected chi connectivity index (χ3v) is 5.02. The fraction of sp³-hybridized carbons (Fsp3) is 0.875. The highest BCUT2D eigenvalue weighted by molar-refractivity contribution is 5.73. The molecule has 10 atom stereocenters. The van der Waals surface area contributed by atoms with Gasteiger partial charge in [-0.3, -0.25) is 0 Å². The lowest BCUT2D eigenvalue weighted by Crippen LogP contribution is -2.65. The van der Waals surface area contributed by atoms with E-state index in [4.69, 9.17) is 18.9 Å². The Bertz CT molecular complexity index is 535. The van der Waals surface area contributed by atoms with Crippen molar-refractivity contribution < 1.29 is 54.1 Å².